The fourth-order valence-electron chi connectivity index (χ4n) is 4.10. The van der Waals surface area contributed by atoms with Crippen molar-refractivity contribution in [2.24, 2.45) is 16.6 Å². The zero-order valence-corrected chi connectivity index (χ0v) is 17.5. The Morgan fingerprint density at radius 1 is 1.31 bits per heavy atom. The lowest BCUT2D eigenvalue weighted by Gasteiger charge is -2.32. The summed E-state index contributed by atoms with van der Waals surface area (Å²) in [5.41, 5.74) is 8.15. The number of nitrogens with zero attached hydrogens (tertiary/aromatic N) is 3. The fraction of sp³-hybridized carbons (Fsp3) is 0.591. The number of nitrogens with two attached hydrogens (primary N) is 1. The summed E-state index contributed by atoms with van der Waals surface area (Å²) in [5.74, 6) is 1.58. The Kier molecular flexibility index (Phi) is 7.90. The number of hydrogen-bond acceptors (Lipinski definition) is 4. The van der Waals surface area contributed by atoms with E-state index < -0.39 is 0 Å². The second-order valence-corrected chi connectivity index (χ2v) is 7.86. The van der Waals surface area contributed by atoms with Gasteiger partial charge in [0.05, 0.1) is 0 Å². The molecule has 4 N–H and O–H groups in total. The number of amides is 1. The molecule has 0 unspecified atom stereocenters. The molecule has 7 nitrogen and oxygen atoms in total. The van der Waals surface area contributed by atoms with Crippen LogP contribution in [0.4, 0.5) is 5.82 Å². The predicted octanol–water partition coefficient (Wildman–Crippen LogP) is 2.34. The van der Waals surface area contributed by atoms with E-state index in [0.717, 1.165) is 56.2 Å². The van der Waals surface area contributed by atoms with E-state index in [2.05, 4.69) is 37.7 Å². The summed E-state index contributed by atoms with van der Waals surface area (Å²) in [5, 5.41) is 6.83. The smallest absolute Gasteiger partial charge is 0.220 e. The molecule has 29 heavy (non-hydrogen) atoms. The topological polar surface area (TPSA) is 95.6 Å². The van der Waals surface area contributed by atoms with E-state index in [-0.39, 0.29) is 11.8 Å². The third-order valence-corrected chi connectivity index (χ3v) is 5.86. The number of allylic oxidation sites excluding steroid dienone is 1. The van der Waals surface area contributed by atoms with Crippen LogP contribution in [-0.4, -0.2) is 43.5 Å². The maximum atomic E-state index is 11.4. The molecule has 1 fully saturated rings. The number of pyridine rings is 1. The van der Waals surface area contributed by atoms with Crippen LogP contribution >= 0.6 is 0 Å². The molecule has 1 aliphatic heterocycles. The Balaban J connectivity index is 1.50. The summed E-state index contributed by atoms with van der Waals surface area (Å²) in [6.45, 7) is 3.16. The lowest BCUT2D eigenvalue weighted by molar-refractivity contribution is -0.122. The molecule has 158 valence electrons. The highest BCUT2D eigenvalue weighted by atomic mass is 16.1. The Morgan fingerprint density at radius 3 is 2.83 bits per heavy atom. The van der Waals surface area contributed by atoms with E-state index in [0.29, 0.717) is 6.54 Å². The van der Waals surface area contributed by atoms with Gasteiger partial charge in [-0.05, 0) is 51.0 Å². The number of aliphatic imine (C=N–C) groups is 1. The molecule has 0 radical (unpaired) electrons. The van der Waals surface area contributed by atoms with E-state index in [9.17, 15) is 4.79 Å². The number of anilines is 1. The molecule has 1 amide bonds. The number of carbonyl (C=O) groups excluding carboxylic acids is 1. The summed E-state index contributed by atoms with van der Waals surface area (Å²) in [6.07, 6.45) is 12.0. The van der Waals surface area contributed by atoms with E-state index in [4.69, 9.17) is 5.73 Å². The second-order valence-electron chi connectivity index (χ2n) is 7.86. The van der Waals surface area contributed by atoms with Crippen molar-refractivity contribution in [1.29, 1.82) is 0 Å². The molecule has 0 bridgehead atoms. The molecule has 2 aliphatic rings. The van der Waals surface area contributed by atoms with Crippen LogP contribution in [0.15, 0.2) is 35.0 Å². The number of nitrogens with one attached hydrogen (secondary N) is 2. The van der Waals surface area contributed by atoms with Gasteiger partial charge in [-0.25, -0.2) is 4.98 Å². The van der Waals surface area contributed by atoms with Crippen molar-refractivity contribution in [3.05, 3.63) is 35.5 Å². The maximum Gasteiger partial charge on any atom is 0.220 e. The molecule has 3 rings (SSSR count). The number of rotatable bonds is 7. The van der Waals surface area contributed by atoms with Gasteiger partial charge in [-0.15, -0.1) is 0 Å². The van der Waals surface area contributed by atoms with Crippen LogP contribution in [0.1, 0.15) is 50.5 Å². The first-order valence-corrected chi connectivity index (χ1v) is 10.8. The van der Waals surface area contributed by atoms with Crippen LogP contribution in [0.5, 0.6) is 0 Å². The Hall–Kier alpha value is -2.57. The first-order valence-electron chi connectivity index (χ1n) is 10.8. The lowest BCUT2D eigenvalue weighted by Crippen LogP contribution is -2.40. The highest BCUT2D eigenvalue weighted by molar-refractivity contribution is 5.79. The third kappa shape index (κ3) is 6.21. The SMILES string of the molecule is CN=C(NCCC1=CCCCC1)NCc1cccnc1N1CCC(C(N)=O)CC1. The standard InChI is InChI=1S/C22H34N6O/c1-24-22(26-13-9-17-6-3-2-4-7-17)27-16-19-8-5-12-25-21(19)28-14-10-18(11-15-28)20(23)29/h5-6,8,12,18H,2-4,7,9-11,13-16H2,1H3,(H2,23,29)(H2,24,26,27). The van der Waals surface area contributed by atoms with Gasteiger partial charge in [-0.3, -0.25) is 9.79 Å². The largest absolute Gasteiger partial charge is 0.369 e. The summed E-state index contributed by atoms with van der Waals surface area (Å²) in [4.78, 5) is 22.6. The molecule has 2 heterocycles. The Bertz CT molecular complexity index is 737. The van der Waals surface area contributed by atoms with Crippen LogP contribution in [-0.2, 0) is 11.3 Å². The number of guanidine groups is 1. The normalized spacial score (nSPS) is 18.3. The molecule has 1 aromatic heterocycles. The van der Waals surface area contributed by atoms with Gasteiger partial charge in [0.1, 0.15) is 5.82 Å². The van der Waals surface area contributed by atoms with Crippen molar-refractivity contribution in [1.82, 2.24) is 15.6 Å². The summed E-state index contributed by atoms with van der Waals surface area (Å²) in [6, 6.07) is 4.05. The van der Waals surface area contributed by atoms with Crippen LogP contribution in [0, 0.1) is 5.92 Å². The molecule has 1 aliphatic carbocycles. The highest BCUT2D eigenvalue weighted by Crippen LogP contribution is 2.24. The van der Waals surface area contributed by atoms with Crippen molar-refractivity contribution in [2.45, 2.75) is 51.5 Å². The van der Waals surface area contributed by atoms with Gasteiger partial charge in [0.25, 0.3) is 0 Å². The maximum absolute atomic E-state index is 11.4. The molecular formula is C22H34N6O. The number of carbonyl (C=O) groups is 1. The van der Waals surface area contributed by atoms with Crippen molar-refractivity contribution < 1.29 is 4.79 Å². The van der Waals surface area contributed by atoms with E-state index in [1.165, 1.54) is 25.7 Å². The molecule has 0 aromatic carbocycles. The minimum atomic E-state index is -0.188. The number of piperidine rings is 1. The van der Waals surface area contributed by atoms with Gasteiger partial charge in [0, 0.05) is 50.9 Å². The number of primary amides is 1. The second kappa shape index (κ2) is 10.8. The van der Waals surface area contributed by atoms with Crippen LogP contribution in [0.2, 0.25) is 0 Å². The molecule has 0 saturated carbocycles. The predicted molar refractivity (Wildman–Crippen MR) is 118 cm³/mol. The average molecular weight is 399 g/mol. The van der Waals surface area contributed by atoms with E-state index in [1.54, 1.807) is 12.6 Å². The monoisotopic (exact) mass is 398 g/mol. The quantitative estimate of drug-likeness (QED) is 0.372. The number of aromatic nitrogens is 1. The summed E-state index contributed by atoms with van der Waals surface area (Å²) in [7, 11) is 1.80. The first-order chi connectivity index (χ1) is 14.2. The van der Waals surface area contributed by atoms with Crippen LogP contribution < -0.4 is 21.3 Å². The average Bonchev–Trinajstić information content (AvgIpc) is 2.77. The zero-order chi connectivity index (χ0) is 20.5. The zero-order valence-electron chi connectivity index (χ0n) is 17.5. The van der Waals surface area contributed by atoms with E-state index in [1.807, 2.05) is 12.3 Å². The first kappa shape index (κ1) is 21.1. The molecule has 1 aromatic rings. The molecule has 1 saturated heterocycles. The minimum absolute atomic E-state index is 0.0150. The van der Waals surface area contributed by atoms with Gasteiger partial charge in [0.2, 0.25) is 5.91 Å². The lowest BCUT2D eigenvalue weighted by atomic mass is 9.96. The summed E-state index contributed by atoms with van der Waals surface area (Å²) >= 11 is 0. The Labute approximate surface area is 173 Å². The van der Waals surface area contributed by atoms with E-state index >= 15 is 0 Å². The molecule has 0 spiro atoms. The van der Waals surface area contributed by atoms with Crippen LogP contribution in [0.3, 0.4) is 0 Å². The minimum Gasteiger partial charge on any atom is -0.369 e. The highest BCUT2D eigenvalue weighted by Gasteiger charge is 2.24. The van der Waals surface area contributed by atoms with Gasteiger partial charge in [0.15, 0.2) is 5.96 Å². The van der Waals surface area contributed by atoms with Crippen molar-refractivity contribution in [3.8, 4) is 0 Å². The fourth-order valence-corrected chi connectivity index (χ4v) is 4.10. The third-order valence-electron chi connectivity index (χ3n) is 5.86. The number of hydrogen-bond donors (Lipinski definition) is 3. The van der Waals surface area contributed by atoms with Gasteiger partial charge in [-0.1, -0.05) is 17.7 Å². The van der Waals surface area contributed by atoms with Gasteiger partial charge < -0.3 is 21.3 Å². The molecular weight excluding hydrogens is 364 g/mol. The van der Waals surface area contributed by atoms with Crippen molar-refractivity contribution in [3.63, 3.8) is 0 Å². The van der Waals surface area contributed by atoms with Gasteiger partial charge >= 0.3 is 0 Å². The Morgan fingerprint density at radius 2 is 2.14 bits per heavy atom. The van der Waals surface area contributed by atoms with Gasteiger partial charge in [-0.2, -0.15) is 0 Å². The van der Waals surface area contributed by atoms with Crippen LogP contribution in [0.25, 0.3) is 0 Å². The molecule has 0 atom stereocenters. The summed E-state index contributed by atoms with van der Waals surface area (Å²) < 4.78 is 0. The molecule has 7 heteroatoms. The van der Waals surface area contributed by atoms with Crippen molar-refractivity contribution in [2.75, 3.05) is 31.6 Å². The van der Waals surface area contributed by atoms with Crippen molar-refractivity contribution >= 4 is 17.7 Å².